The van der Waals surface area contributed by atoms with Gasteiger partial charge < -0.3 is 9.84 Å². The Bertz CT molecular complexity index is 898. The van der Waals surface area contributed by atoms with E-state index in [0.29, 0.717) is 33.9 Å². The molecule has 2 aromatic heterocycles. The van der Waals surface area contributed by atoms with Gasteiger partial charge in [-0.25, -0.2) is 4.68 Å². The second-order valence-corrected chi connectivity index (χ2v) is 6.48. The molecule has 130 valence electrons. The van der Waals surface area contributed by atoms with Crippen molar-refractivity contribution in [2.24, 2.45) is 0 Å². The molecule has 3 rings (SSSR count). The van der Waals surface area contributed by atoms with Gasteiger partial charge in [0.05, 0.1) is 24.9 Å². The molecule has 0 unspecified atom stereocenters. The van der Waals surface area contributed by atoms with Crippen LogP contribution in [0.15, 0.2) is 35.0 Å². The summed E-state index contributed by atoms with van der Waals surface area (Å²) in [4.78, 5) is 12.3. The van der Waals surface area contributed by atoms with Crippen LogP contribution in [0.25, 0.3) is 0 Å². The monoisotopic (exact) mass is 378 g/mol. The molecule has 0 radical (unpaired) electrons. The van der Waals surface area contributed by atoms with E-state index in [1.54, 1.807) is 36.0 Å². The largest absolute Gasteiger partial charge is 0.361 e. The SMILES string of the molecule is Cc1noc(C)c1CC(=O)Nc1ccnn1Cc1ccc(Cl)cc1Cl. The molecular weight excluding hydrogens is 363 g/mol. The van der Waals surface area contributed by atoms with E-state index in [0.717, 1.165) is 11.1 Å². The number of aryl methyl sites for hydroxylation is 2. The number of benzene rings is 1. The number of halogens is 2. The zero-order valence-corrected chi connectivity index (χ0v) is 15.2. The van der Waals surface area contributed by atoms with E-state index in [2.05, 4.69) is 15.6 Å². The van der Waals surface area contributed by atoms with Crippen LogP contribution in [0, 0.1) is 13.8 Å². The number of nitrogens with zero attached hydrogens (tertiary/aromatic N) is 3. The van der Waals surface area contributed by atoms with E-state index in [1.807, 2.05) is 13.0 Å². The first kappa shape index (κ1) is 17.5. The lowest BCUT2D eigenvalue weighted by molar-refractivity contribution is -0.115. The molecule has 0 aliphatic heterocycles. The smallest absolute Gasteiger partial charge is 0.230 e. The van der Waals surface area contributed by atoms with E-state index >= 15 is 0 Å². The summed E-state index contributed by atoms with van der Waals surface area (Å²) in [5, 5.41) is 12.1. The summed E-state index contributed by atoms with van der Waals surface area (Å²) < 4.78 is 6.75. The van der Waals surface area contributed by atoms with Crippen molar-refractivity contribution in [2.75, 3.05) is 5.32 Å². The minimum atomic E-state index is -0.168. The average Bonchev–Trinajstić information content (AvgIpc) is 3.11. The highest BCUT2D eigenvalue weighted by molar-refractivity contribution is 6.35. The molecule has 6 nitrogen and oxygen atoms in total. The van der Waals surface area contributed by atoms with Crippen LogP contribution in [0.5, 0.6) is 0 Å². The van der Waals surface area contributed by atoms with Crippen molar-refractivity contribution in [3.63, 3.8) is 0 Å². The molecule has 0 fully saturated rings. The van der Waals surface area contributed by atoms with Crippen molar-refractivity contribution in [1.29, 1.82) is 0 Å². The van der Waals surface area contributed by atoms with Crippen LogP contribution in [0.2, 0.25) is 10.0 Å². The summed E-state index contributed by atoms with van der Waals surface area (Å²) in [5.74, 6) is 1.07. The topological polar surface area (TPSA) is 73.0 Å². The number of amides is 1. The maximum Gasteiger partial charge on any atom is 0.230 e. The van der Waals surface area contributed by atoms with Crippen LogP contribution >= 0.6 is 23.2 Å². The summed E-state index contributed by atoms with van der Waals surface area (Å²) in [7, 11) is 0. The quantitative estimate of drug-likeness (QED) is 0.727. The lowest BCUT2D eigenvalue weighted by atomic mass is 10.1. The molecule has 1 amide bonds. The Hall–Kier alpha value is -2.31. The maximum absolute atomic E-state index is 12.3. The normalized spacial score (nSPS) is 10.9. The van der Waals surface area contributed by atoms with E-state index < -0.39 is 0 Å². The first-order valence-corrected chi connectivity index (χ1v) is 8.37. The van der Waals surface area contributed by atoms with E-state index in [1.165, 1.54) is 0 Å². The Morgan fingerprint density at radius 2 is 2.08 bits per heavy atom. The Balaban J connectivity index is 1.72. The fraction of sp³-hybridized carbons (Fsp3) is 0.235. The summed E-state index contributed by atoms with van der Waals surface area (Å²) >= 11 is 12.1. The van der Waals surface area contributed by atoms with Gasteiger partial charge in [0, 0.05) is 21.7 Å². The molecule has 3 aromatic rings. The summed E-state index contributed by atoms with van der Waals surface area (Å²) in [5.41, 5.74) is 2.37. The Labute approximate surface area is 154 Å². The number of carbonyl (C=O) groups is 1. The molecule has 0 atom stereocenters. The number of carbonyl (C=O) groups excluding carboxylic acids is 1. The van der Waals surface area contributed by atoms with Crippen LogP contribution in [0.4, 0.5) is 5.82 Å². The molecule has 1 N–H and O–H groups in total. The van der Waals surface area contributed by atoms with Crippen LogP contribution in [-0.2, 0) is 17.8 Å². The molecule has 2 heterocycles. The minimum absolute atomic E-state index is 0.168. The van der Waals surface area contributed by atoms with Crippen LogP contribution in [-0.4, -0.2) is 20.8 Å². The highest BCUT2D eigenvalue weighted by Gasteiger charge is 2.15. The molecule has 0 saturated carbocycles. The lowest BCUT2D eigenvalue weighted by Crippen LogP contribution is -2.18. The van der Waals surface area contributed by atoms with Gasteiger partial charge in [-0.2, -0.15) is 5.10 Å². The van der Waals surface area contributed by atoms with Gasteiger partial charge in [0.25, 0.3) is 0 Å². The Kier molecular flexibility index (Phi) is 5.11. The predicted octanol–water partition coefficient (Wildman–Crippen LogP) is 4.02. The predicted molar refractivity (Wildman–Crippen MR) is 96.1 cm³/mol. The van der Waals surface area contributed by atoms with Crippen molar-refractivity contribution in [1.82, 2.24) is 14.9 Å². The zero-order valence-electron chi connectivity index (χ0n) is 13.7. The fourth-order valence-corrected chi connectivity index (χ4v) is 2.95. The number of anilines is 1. The summed E-state index contributed by atoms with van der Waals surface area (Å²) in [6.45, 7) is 4.02. The second kappa shape index (κ2) is 7.29. The van der Waals surface area contributed by atoms with E-state index in [9.17, 15) is 4.79 Å². The molecule has 0 bridgehead atoms. The third-order valence-corrected chi connectivity index (χ3v) is 4.42. The van der Waals surface area contributed by atoms with Crippen molar-refractivity contribution < 1.29 is 9.32 Å². The molecule has 25 heavy (non-hydrogen) atoms. The third-order valence-electron chi connectivity index (χ3n) is 3.84. The molecule has 0 aliphatic rings. The van der Waals surface area contributed by atoms with Crippen LogP contribution in [0.3, 0.4) is 0 Å². The van der Waals surface area contributed by atoms with Crippen molar-refractivity contribution in [3.05, 3.63) is 63.1 Å². The zero-order chi connectivity index (χ0) is 18.0. The minimum Gasteiger partial charge on any atom is -0.361 e. The molecule has 0 saturated heterocycles. The van der Waals surface area contributed by atoms with Gasteiger partial charge in [0.2, 0.25) is 5.91 Å². The van der Waals surface area contributed by atoms with Crippen LogP contribution < -0.4 is 5.32 Å². The van der Waals surface area contributed by atoms with Gasteiger partial charge in [0.1, 0.15) is 11.6 Å². The Morgan fingerprint density at radius 3 is 2.76 bits per heavy atom. The van der Waals surface area contributed by atoms with Crippen molar-refractivity contribution in [2.45, 2.75) is 26.8 Å². The van der Waals surface area contributed by atoms with Gasteiger partial charge in [0.15, 0.2) is 0 Å². The van der Waals surface area contributed by atoms with Gasteiger partial charge in [-0.15, -0.1) is 0 Å². The van der Waals surface area contributed by atoms with Crippen molar-refractivity contribution in [3.8, 4) is 0 Å². The first-order valence-electron chi connectivity index (χ1n) is 7.61. The molecule has 8 heteroatoms. The lowest BCUT2D eigenvalue weighted by Gasteiger charge is -2.10. The third kappa shape index (κ3) is 4.03. The first-order chi connectivity index (χ1) is 11.9. The molecular formula is C17H16Cl2N4O2. The van der Waals surface area contributed by atoms with Gasteiger partial charge in [-0.3, -0.25) is 4.79 Å². The highest BCUT2D eigenvalue weighted by Crippen LogP contribution is 2.23. The van der Waals surface area contributed by atoms with E-state index in [-0.39, 0.29) is 12.3 Å². The standard InChI is InChI=1S/C17H16Cl2N4O2/c1-10-14(11(2)25-22-10)8-17(24)21-16-5-6-20-23(16)9-12-3-4-13(18)7-15(12)19/h3-7H,8-9H2,1-2H3,(H,21,24). The number of rotatable bonds is 5. The number of aromatic nitrogens is 3. The second-order valence-electron chi connectivity index (χ2n) is 5.64. The average molecular weight is 379 g/mol. The fourth-order valence-electron chi connectivity index (χ4n) is 2.48. The summed E-state index contributed by atoms with van der Waals surface area (Å²) in [6.07, 6.45) is 1.81. The van der Waals surface area contributed by atoms with E-state index in [4.69, 9.17) is 27.7 Å². The number of hydrogen-bond donors (Lipinski definition) is 1. The Morgan fingerprint density at radius 1 is 1.28 bits per heavy atom. The molecule has 0 aliphatic carbocycles. The van der Waals surface area contributed by atoms with Crippen LogP contribution in [0.1, 0.15) is 22.6 Å². The van der Waals surface area contributed by atoms with Gasteiger partial charge in [-0.05, 0) is 31.5 Å². The van der Waals surface area contributed by atoms with Crippen molar-refractivity contribution >= 4 is 34.9 Å². The number of hydrogen-bond acceptors (Lipinski definition) is 4. The van der Waals surface area contributed by atoms with Gasteiger partial charge in [-0.1, -0.05) is 34.4 Å². The van der Waals surface area contributed by atoms with Gasteiger partial charge >= 0.3 is 0 Å². The number of nitrogens with one attached hydrogen (secondary N) is 1. The summed E-state index contributed by atoms with van der Waals surface area (Å²) in [6, 6.07) is 7.01. The molecule has 1 aromatic carbocycles. The molecule has 0 spiro atoms. The highest BCUT2D eigenvalue weighted by atomic mass is 35.5. The maximum atomic E-state index is 12.3.